The van der Waals surface area contributed by atoms with Gasteiger partial charge in [0.1, 0.15) is 16.6 Å². The van der Waals surface area contributed by atoms with E-state index in [4.69, 9.17) is 0 Å². The van der Waals surface area contributed by atoms with E-state index in [1.165, 1.54) is 12.1 Å². The Bertz CT molecular complexity index is 643. The van der Waals surface area contributed by atoms with Crippen LogP contribution in [0.1, 0.15) is 30.6 Å². The maximum absolute atomic E-state index is 11.0. The lowest BCUT2D eigenvalue weighted by molar-refractivity contribution is -0.384. The molecule has 2 rings (SSSR count). The molecule has 0 saturated heterocycles. The summed E-state index contributed by atoms with van der Waals surface area (Å²) in [6, 6.07) is 2.79. The Morgan fingerprint density at radius 3 is 2.67 bits per heavy atom. The van der Waals surface area contributed by atoms with Crippen molar-refractivity contribution in [3.63, 3.8) is 0 Å². The smallest absolute Gasteiger partial charge is 0.276 e. The molecule has 21 heavy (non-hydrogen) atoms. The number of hydrogen-bond acceptors (Lipinski definition) is 7. The zero-order valence-corrected chi connectivity index (χ0v) is 12.9. The summed E-state index contributed by atoms with van der Waals surface area (Å²) in [6.45, 7) is 6.44. The van der Waals surface area contributed by atoms with Gasteiger partial charge in [0.2, 0.25) is 0 Å². The van der Waals surface area contributed by atoms with Crippen molar-refractivity contribution < 1.29 is 4.92 Å². The van der Waals surface area contributed by atoms with Crippen LogP contribution in [0.2, 0.25) is 0 Å². The Morgan fingerprint density at radius 2 is 2.10 bits per heavy atom. The molecule has 7 nitrogen and oxygen atoms in total. The molecule has 0 radical (unpaired) electrons. The van der Waals surface area contributed by atoms with E-state index in [1.807, 2.05) is 26.2 Å². The van der Waals surface area contributed by atoms with Crippen LogP contribution in [0.4, 0.5) is 17.3 Å². The molecule has 0 aliphatic heterocycles. The van der Waals surface area contributed by atoms with E-state index >= 15 is 0 Å². The summed E-state index contributed by atoms with van der Waals surface area (Å²) < 4.78 is 0. The molecule has 2 aromatic heterocycles. The maximum atomic E-state index is 11.0. The first kappa shape index (κ1) is 15.2. The fourth-order valence-corrected chi connectivity index (χ4v) is 2.63. The van der Waals surface area contributed by atoms with Crippen molar-refractivity contribution in [2.75, 3.05) is 17.2 Å². The molecule has 0 amide bonds. The van der Waals surface area contributed by atoms with Crippen molar-refractivity contribution in [1.82, 2.24) is 9.97 Å². The van der Waals surface area contributed by atoms with Crippen LogP contribution in [0.5, 0.6) is 0 Å². The highest BCUT2D eigenvalue weighted by molar-refractivity contribution is 7.09. The second kappa shape index (κ2) is 6.49. The fourth-order valence-electron chi connectivity index (χ4n) is 1.82. The monoisotopic (exact) mass is 307 g/mol. The zero-order chi connectivity index (χ0) is 15.4. The van der Waals surface area contributed by atoms with Gasteiger partial charge in [0.05, 0.1) is 23.1 Å². The predicted molar refractivity (Wildman–Crippen MR) is 83.9 cm³/mol. The second-order valence-corrected chi connectivity index (χ2v) is 5.47. The maximum Gasteiger partial charge on any atom is 0.276 e. The van der Waals surface area contributed by atoms with Crippen molar-refractivity contribution in [3.8, 4) is 0 Å². The van der Waals surface area contributed by atoms with Gasteiger partial charge in [-0.3, -0.25) is 10.1 Å². The topological polar surface area (TPSA) is 93.0 Å². The number of aryl methyl sites for hydroxylation is 1. The quantitative estimate of drug-likeness (QED) is 0.628. The first-order chi connectivity index (χ1) is 9.99. The Kier molecular flexibility index (Phi) is 4.69. The lowest BCUT2D eigenvalue weighted by Crippen LogP contribution is -2.10. The largest absolute Gasteiger partial charge is 0.370 e. The van der Waals surface area contributed by atoms with E-state index in [0.29, 0.717) is 18.2 Å². The number of aromatic nitrogens is 2. The third-order valence-corrected chi connectivity index (χ3v) is 3.90. The van der Waals surface area contributed by atoms with Crippen molar-refractivity contribution in [2.24, 2.45) is 0 Å². The Morgan fingerprint density at radius 1 is 1.38 bits per heavy atom. The van der Waals surface area contributed by atoms with E-state index < -0.39 is 4.92 Å². The number of nitrogens with zero attached hydrogens (tertiary/aromatic N) is 3. The number of hydrogen-bond donors (Lipinski definition) is 2. The van der Waals surface area contributed by atoms with Crippen LogP contribution in [0, 0.1) is 17.0 Å². The van der Waals surface area contributed by atoms with Crippen LogP contribution in [-0.2, 0) is 0 Å². The van der Waals surface area contributed by atoms with Gasteiger partial charge in [-0.05, 0) is 20.8 Å². The first-order valence-electron chi connectivity index (χ1n) is 6.58. The molecule has 0 aromatic carbocycles. The summed E-state index contributed by atoms with van der Waals surface area (Å²) in [5.74, 6) is 0.942. The third-order valence-electron chi connectivity index (χ3n) is 2.75. The second-order valence-electron chi connectivity index (χ2n) is 4.58. The summed E-state index contributed by atoms with van der Waals surface area (Å²) in [4.78, 5) is 19.3. The average Bonchev–Trinajstić information content (AvgIpc) is 2.85. The van der Waals surface area contributed by atoms with Crippen LogP contribution in [0.3, 0.4) is 0 Å². The molecule has 0 aliphatic carbocycles. The fraction of sp³-hybridized carbons (Fsp3) is 0.385. The molecular formula is C13H17N5O2S. The number of nitrogens with one attached hydrogen (secondary N) is 2. The molecule has 2 N–H and O–H groups in total. The van der Waals surface area contributed by atoms with Crippen molar-refractivity contribution in [3.05, 3.63) is 38.3 Å². The van der Waals surface area contributed by atoms with E-state index in [9.17, 15) is 10.1 Å². The summed E-state index contributed by atoms with van der Waals surface area (Å²) in [6.07, 6.45) is 0. The number of thiazole rings is 1. The third kappa shape index (κ3) is 3.88. The van der Waals surface area contributed by atoms with E-state index in [1.54, 1.807) is 11.3 Å². The first-order valence-corrected chi connectivity index (χ1v) is 7.46. The van der Waals surface area contributed by atoms with Crippen molar-refractivity contribution >= 4 is 28.7 Å². The minimum atomic E-state index is -0.425. The summed E-state index contributed by atoms with van der Waals surface area (Å²) in [7, 11) is 0. The van der Waals surface area contributed by atoms with Gasteiger partial charge in [-0.1, -0.05) is 0 Å². The number of rotatable bonds is 6. The molecule has 0 fully saturated rings. The highest BCUT2D eigenvalue weighted by atomic mass is 32.1. The summed E-state index contributed by atoms with van der Waals surface area (Å²) >= 11 is 1.55. The molecule has 0 saturated carbocycles. The highest BCUT2D eigenvalue weighted by Crippen LogP contribution is 2.25. The van der Waals surface area contributed by atoms with Gasteiger partial charge in [-0.15, -0.1) is 11.3 Å². The van der Waals surface area contributed by atoms with Crippen LogP contribution in [0.25, 0.3) is 0 Å². The molecule has 112 valence electrons. The predicted octanol–water partition coefficient (Wildman–Crippen LogP) is 3.36. The lowest BCUT2D eigenvalue weighted by Gasteiger charge is -2.13. The normalized spacial score (nSPS) is 12.0. The van der Waals surface area contributed by atoms with Gasteiger partial charge < -0.3 is 10.6 Å². The Hall–Kier alpha value is -2.22. The molecule has 1 atom stereocenters. The van der Waals surface area contributed by atoms with Gasteiger partial charge in [0.15, 0.2) is 0 Å². The van der Waals surface area contributed by atoms with E-state index in [2.05, 4.69) is 20.6 Å². The minimum absolute atomic E-state index is 0.00553. The minimum Gasteiger partial charge on any atom is -0.370 e. The average molecular weight is 307 g/mol. The molecule has 8 heteroatoms. The van der Waals surface area contributed by atoms with Gasteiger partial charge in [-0.2, -0.15) is 0 Å². The van der Waals surface area contributed by atoms with Gasteiger partial charge in [0, 0.05) is 17.6 Å². The van der Waals surface area contributed by atoms with Gasteiger partial charge in [-0.25, -0.2) is 9.97 Å². The lowest BCUT2D eigenvalue weighted by atomic mass is 10.3. The highest BCUT2D eigenvalue weighted by Gasteiger charge is 2.14. The number of anilines is 2. The Balaban J connectivity index is 2.23. The Labute approximate surface area is 126 Å². The van der Waals surface area contributed by atoms with Crippen molar-refractivity contribution in [1.29, 1.82) is 0 Å². The van der Waals surface area contributed by atoms with Crippen LogP contribution < -0.4 is 10.6 Å². The number of nitro groups is 1. The molecular weight excluding hydrogens is 290 g/mol. The van der Waals surface area contributed by atoms with Crippen LogP contribution >= 0.6 is 11.3 Å². The van der Waals surface area contributed by atoms with E-state index in [0.717, 1.165) is 10.7 Å². The zero-order valence-electron chi connectivity index (χ0n) is 12.1. The summed E-state index contributed by atoms with van der Waals surface area (Å²) in [5, 5.41) is 20.0. The molecule has 2 aromatic rings. The number of pyridine rings is 1. The SMILES string of the molecule is CCNc1cc([N+](=O)[O-])cc(NC(C)c2nc(C)cs2)n1. The molecule has 0 bridgehead atoms. The van der Waals surface area contributed by atoms with E-state index in [-0.39, 0.29) is 11.7 Å². The standard InChI is InChI=1S/C13H17N5O2S/c1-4-14-11-5-10(18(19)20)6-12(17-11)16-9(3)13-15-8(2)7-21-13/h5-7,9H,4H2,1-3H3,(H2,14,16,17). The van der Waals surface area contributed by atoms with Crippen molar-refractivity contribution in [2.45, 2.75) is 26.8 Å². The van der Waals surface area contributed by atoms with Crippen LogP contribution in [0.15, 0.2) is 17.5 Å². The van der Waals surface area contributed by atoms with Gasteiger partial charge in [0.25, 0.3) is 5.69 Å². The summed E-state index contributed by atoms with van der Waals surface area (Å²) in [5.41, 5.74) is 0.968. The van der Waals surface area contributed by atoms with Gasteiger partial charge >= 0.3 is 0 Å². The molecule has 2 heterocycles. The molecule has 1 unspecified atom stereocenters. The molecule has 0 spiro atoms. The van der Waals surface area contributed by atoms with Crippen LogP contribution in [-0.4, -0.2) is 21.4 Å². The molecule has 0 aliphatic rings.